The summed E-state index contributed by atoms with van der Waals surface area (Å²) in [6.07, 6.45) is 0. The number of hydrogen-bond donors (Lipinski definition) is 2. The molecular weight excluding hydrogens is 438 g/mol. The van der Waals surface area contributed by atoms with Crippen molar-refractivity contribution in [2.24, 2.45) is 5.10 Å². The summed E-state index contributed by atoms with van der Waals surface area (Å²) in [7, 11) is 1.62. The van der Waals surface area contributed by atoms with Gasteiger partial charge in [-0.25, -0.2) is 10.4 Å². The van der Waals surface area contributed by atoms with Crippen LogP contribution in [0.25, 0.3) is 33.1 Å². The molecule has 0 spiro atoms. The smallest absolute Gasteiger partial charge is 0.290 e. The molecular formula is C24H21N5O3S. The largest absolute Gasteiger partial charge is 0.497 e. The number of nitrogens with one attached hydrogen (secondary N) is 2. The number of aromatic amines is 1. The number of ether oxygens (including phenoxy) is 1. The molecule has 0 aliphatic carbocycles. The number of methoxy groups -OCH3 is 1. The number of amides is 2. The Morgan fingerprint density at radius 1 is 1.21 bits per heavy atom. The molecule has 33 heavy (non-hydrogen) atoms. The van der Waals surface area contributed by atoms with Crippen molar-refractivity contribution in [2.75, 3.05) is 19.4 Å². The minimum Gasteiger partial charge on any atom is -0.497 e. The van der Waals surface area contributed by atoms with Crippen molar-refractivity contribution >= 4 is 50.5 Å². The molecule has 8 nitrogen and oxygen atoms in total. The fraction of sp³-hybridized carbons (Fsp3) is 0.167. The monoisotopic (exact) mass is 459 g/mol. The highest BCUT2D eigenvalue weighted by molar-refractivity contribution is 8.15. The van der Waals surface area contributed by atoms with Crippen LogP contribution in [-0.2, 0) is 4.79 Å². The first kappa shape index (κ1) is 21.0. The molecule has 166 valence electrons. The van der Waals surface area contributed by atoms with Crippen molar-refractivity contribution in [1.82, 2.24) is 20.3 Å². The van der Waals surface area contributed by atoms with Crippen LogP contribution in [0.15, 0.2) is 59.7 Å². The van der Waals surface area contributed by atoms with E-state index >= 15 is 0 Å². The molecule has 1 aliphatic rings. The van der Waals surface area contributed by atoms with E-state index in [4.69, 9.17) is 4.74 Å². The van der Waals surface area contributed by atoms with E-state index in [-0.39, 0.29) is 11.6 Å². The molecule has 2 N–H and O–H groups in total. The van der Waals surface area contributed by atoms with Gasteiger partial charge in [0.05, 0.1) is 24.1 Å². The van der Waals surface area contributed by atoms with Crippen LogP contribution in [0, 0.1) is 0 Å². The fourth-order valence-electron chi connectivity index (χ4n) is 3.87. The van der Waals surface area contributed by atoms with Gasteiger partial charge >= 0.3 is 0 Å². The number of H-pyrrole nitrogens is 1. The van der Waals surface area contributed by atoms with Crippen LogP contribution in [0.2, 0.25) is 0 Å². The number of carbonyl (C=O) groups excluding carboxylic acids is 2. The molecule has 1 saturated heterocycles. The van der Waals surface area contributed by atoms with Crippen molar-refractivity contribution in [1.29, 1.82) is 0 Å². The maximum absolute atomic E-state index is 13.0. The first-order valence-corrected chi connectivity index (χ1v) is 11.4. The summed E-state index contributed by atoms with van der Waals surface area (Å²) in [6, 6.07) is 17.2. The number of pyridine rings is 1. The Balaban J connectivity index is 1.59. The van der Waals surface area contributed by atoms with Gasteiger partial charge in [0.15, 0.2) is 5.17 Å². The van der Waals surface area contributed by atoms with Gasteiger partial charge in [-0.1, -0.05) is 30.0 Å². The van der Waals surface area contributed by atoms with Crippen LogP contribution in [0.5, 0.6) is 5.75 Å². The number of rotatable bonds is 5. The summed E-state index contributed by atoms with van der Waals surface area (Å²) in [6.45, 7) is 2.37. The average Bonchev–Trinajstić information content (AvgIpc) is 3.41. The highest BCUT2D eigenvalue weighted by Gasteiger charge is 2.27. The van der Waals surface area contributed by atoms with Gasteiger partial charge in [0.25, 0.3) is 5.91 Å². The maximum atomic E-state index is 13.0. The molecule has 0 unspecified atom stereocenters. The third-order valence-electron chi connectivity index (χ3n) is 5.52. The minimum atomic E-state index is -0.444. The second-order valence-corrected chi connectivity index (χ2v) is 8.38. The predicted molar refractivity (Wildman–Crippen MR) is 130 cm³/mol. The number of thioether (sulfide) groups is 1. The van der Waals surface area contributed by atoms with Crippen LogP contribution >= 0.6 is 11.8 Å². The number of amidine groups is 1. The van der Waals surface area contributed by atoms with Crippen LogP contribution in [0.3, 0.4) is 0 Å². The Bertz CT molecular complexity index is 1410. The van der Waals surface area contributed by atoms with Crippen molar-refractivity contribution in [3.8, 4) is 17.0 Å². The lowest BCUT2D eigenvalue weighted by atomic mass is 10.1. The molecule has 1 fully saturated rings. The fourth-order valence-corrected chi connectivity index (χ4v) is 4.77. The number of benzene rings is 2. The zero-order valence-corrected chi connectivity index (χ0v) is 18.9. The first-order chi connectivity index (χ1) is 16.1. The van der Waals surface area contributed by atoms with E-state index < -0.39 is 5.91 Å². The first-order valence-electron chi connectivity index (χ1n) is 10.5. The predicted octanol–water partition coefficient (Wildman–Crippen LogP) is 3.99. The molecule has 2 aromatic heterocycles. The van der Waals surface area contributed by atoms with Crippen molar-refractivity contribution < 1.29 is 14.3 Å². The molecule has 1 aliphatic heterocycles. The van der Waals surface area contributed by atoms with Crippen molar-refractivity contribution in [3.63, 3.8) is 0 Å². The van der Waals surface area contributed by atoms with Crippen LogP contribution in [-0.4, -0.2) is 51.3 Å². The standard InChI is InChI=1S/C24H21N5O3S/c1-3-29-20(30)13-33-24(29)28-27-23(31)19-12-17-16-6-4-5-7-18(16)25-22(17)21(26-19)14-8-10-15(32-2)11-9-14/h4-12,25H,3,13H2,1-2H3,(H,27,31)/b28-24-. The summed E-state index contributed by atoms with van der Waals surface area (Å²) in [4.78, 5) is 34.6. The highest BCUT2D eigenvalue weighted by atomic mass is 32.2. The highest BCUT2D eigenvalue weighted by Crippen LogP contribution is 2.33. The number of carbonyl (C=O) groups is 2. The summed E-state index contributed by atoms with van der Waals surface area (Å²) >= 11 is 1.30. The number of hydrogen-bond acceptors (Lipinski definition) is 6. The van der Waals surface area contributed by atoms with E-state index in [0.717, 1.165) is 33.1 Å². The van der Waals surface area contributed by atoms with Gasteiger partial charge in [-0.2, -0.15) is 0 Å². The number of nitrogens with zero attached hydrogens (tertiary/aromatic N) is 3. The van der Waals surface area contributed by atoms with Gasteiger partial charge in [-0.15, -0.1) is 5.10 Å². The number of hydrazone groups is 1. The van der Waals surface area contributed by atoms with Gasteiger partial charge in [0, 0.05) is 28.4 Å². The molecule has 5 rings (SSSR count). The number of para-hydroxylation sites is 1. The topological polar surface area (TPSA) is 99.7 Å². The quantitative estimate of drug-likeness (QED) is 0.440. The summed E-state index contributed by atoms with van der Waals surface area (Å²) in [5.41, 5.74) is 6.12. The van der Waals surface area contributed by atoms with Crippen molar-refractivity contribution in [3.05, 3.63) is 60.3 Å². The molecule has 2 aromatic carbocycles. The molecule has 3 heterocycles. The zero-order valence-electron chi connectivity index (χ0n) is 18.1. The Labute approximate surface area is 194 Å². The van der Waals surface area contributed by atoms with Crippen LogP contribution < -0.4 is 10.2 Å². The molecule has 4 aromatic rings. The van der Waals surface area contributed by atoms with E-state index in [1.807, 2.05) is 55.5 Å². The minimum absolute atomic E-state index is 0.0179. The number of aromatic nitrogens is 2. The van der Waals surface area contributed by atoms with E-state index in [0.29, 0.717) is 23.2 Å². The zero-order chi connectivity index (χ0) is 22.9. The summed E-state index contributed by atoms with van der Waals surface area (Å²) in [5.74, 6) is 0.598. The van der Waals surface area contributed by atoms with E-state index in [1.54, 1.807) is 18.1 Å². The average molecular weight is 460 g/mol. The number of fused-ring (bicyclic) bond motifs is 3. The molecule has 9 heteroatoms. The van der Waals surface area contributed by atoms with E-state index in [9.17, 15) is 9.59 Å². The van der Waals surface area contributed by atoms with E-state index in [1.165, 1.54) is 11.8 Å². The van der Waals surface area contributed by atoms with Crippen LogP contribution in [0.4, 0.5) is 0 Å². The lowest BCUT2D eigenvalue weighted by Gasteiger charge is -2.12. The molecule has 0 radical (unpaired) electrons. The normalized spacial score (nSPS) is 15.0. The lowest BCUT2D eigenvalue weighted by Crippen LogP contribution is -2.31. The lowest BCUT2D eigenvalue weighted by molar-refractivity contribution is -0.123. The van der Waals surface area contributed by atoms with E-state index in [2.05, 4.69) is 20.5 Å². The molecule has 0 atom stereocenters. The molecule has 0 saturated carbocycles. The summed E-state index contributed by atoms with van der Waals surface area (Å²) < 4.78 is 5.27. The van der Waals surface area contributed by atoms with Gasteiger partial charge in [-0.05, 0) is 43.3 Å². The second-order valence-electron chi connectivity index (χ2n) is 7.44. The van der Waals surface area contributed by atoms with Gasteiger partial charge in [0.2, 0.25) is 5.91 Å². The maximum Gasteiger partial charge on any atom is 0.290 e. The third-order valence-corrected chi connectivity index (χ3v) is 6.48. The third kappa shape index (κ3) is 3.80. The summed E-state index contributed by atoms with van der Waals surface area (Å²) in [5, 5.41) is 6.56. The Hall–Kier alpha value is -3.85. The Morgan fingerprint density at radius 2 is 2.00 bits per heavy atom. The molecule has 0 bridgehead atoms. The molecule has 2 amide bonds. The Morgan fingerprint density at radius 3 is 2.76 bits per heavy atom. The van der Waals surface area contributed by atoms with Gasteiger partial charge in [-0.3, -0.25) is 14.5 Å². The SMILES string of the molecule is CCN1C(=O)CS/C1=N\NC(=O)c1cc2c([nH]c3ccccc32)c(-c2ccc(OC)cc2)n1. The Kier molecular flexibility index (Phi) is 5.47. The van der Waals surface area contributed by atoms with Crippen LogP contribution in [0.1, 0.15) is 17.4 Å². The van der Waals surface area contributed by atoms with Gasteiger partial charge < -0.3 is 9.72 Å². The van der Waals surface area contributed by atoms with Gasteiger partial charge in [0.1, 0.15) is 11.4 Å². The van der Waals surface area contributed by atoms with Crippen molar-refractivity contribution in [2.45, 2.75) is 6.92 Å². The second kappa shape index (κ2) is 8.59.